The number of hydrogen-bond donors (Lipinski definition) is 3. The smallest absolute Gasteiger partial charge is 0.223 e. The molecule has 1 unspecified atom stereocenters. The highest BCUT2D eigenvalue weighted by molar-refractivity contribution is 5.81. The first-order chi connectivity index (χ1) is 13.2. The summed E-state index contributed by atoms with van der Waals surface area (Å²) in [4.78, 5) is 18.7. The third kappa shape index (κ3) is 5.88. The van der Waals surface area contributed by atoms with Gasteiger partial charge in [0, 0.05) is 37.8 Å². The van der Waals surface area contributed by atoms with Crippen molar-refractivity contribution in [1.82, 2.24) is 16.0 Å². The van der Waals surface area contributed by atoms with Crippen molar-refractivity contribution in [3.63, 3.8) is 0 Å². The lowest BCUT2D eigenvalue weighted by molar-refractivity contribution is -0.122. The van der Waals surface area contributed by atoms with Crippen molar-refractivity contribution in [3.05, 3.63) is 29.8 Å². The number of carbonyl (C=O) groups is 1. The van der Waals surface area contributed by atoms with Crippen LogP contribution in [0.1, 0.15) is 51.1 Å². The van der Waals surface area contributed by atoms with Crippen molar-refractivity contribution in [3.8, 4) is 0 Å². The molecule has 3 rings (SSSR count). The second-order valence-corrected chi connectivity index (χ2v) is 7.48. The Bertz CT molecular complexity index is 650. The maximum absolute atomic E-state index is 11.7. The summed E-state index contributed by atoms with van der Waals surface area (Å²) in [5.41, 5.74) is 2.57. The number of amides is 1. The molecular formula is C21H33N5O. The van der Waals surface area contributed by atoms with Gasteiger partial charge in [-0.2, -0.15) is 0 Å². The fourth-order valence-corrected chi connectivity index (χ4v) is 3.41. The van der Waals surface area contributed by atoms with E-state index in [0.29, 0.717) is 13.1 Å². The molecule has 27 heavy (non-hydrogen) atoms. The second kappa shape index (κ2) is 9.62. The first kappa shape index (κ1) is 19.5. The Morgan fingerprint density at radius 1 is 1.26 bits per heavy atom. The van der Waals surface area contributed by atoms with Crippen molar-refractivity contribution in [2.45, 2.75) is 45.6 Å². The summed E-state index contributed by atoms with van der Waals surface area (Å²) in [5.74, 6) is 1.22. The molecule has 1 aliphatic heterocycles. The molecule has 3 N–H and O–H groups in total. The Labute approximate surface area is 162 Å². The molecular weight excluding hydrogens is 338 g/mol. The number of anilines is 1. The standard InChI is InChI=1S/C21H33N5O/c1-3-22-21(24-12-11-23-20(27)17-9-10-17)25-16(2)18-7-6-8-19(15-18)26-13-4-5-14-26/h6-8,15-17H,3-5,9-14H2,1-2H3,(H,23,27)(H2,22,24,25). The van der Waals surface area contributed by atoms with Crippen LogP contribution in [0.15, 0.2) is 29.3 Å². The van der Waals surface area contributed by atoms with Crippen LogP contribution in [-0.4, -0.2) is 44.6 Å². The van der Waals surface area contributed by atoms with Gasteiger partial charge in [0.05, 0.1) is 12.6 Å². The topological polar surface area (TPSA) is 68.8 Å². The van der Waals surface area contributed by atoms with E-state index in [9.17, 15) is 4.79 Å². The van der Waals surface area contributed by atoms with E-state index in [4.69, 9.17) is 0 Å². The van der Waals surface area contributed by atoms with Crippen LogP contribution in [0.4, 0.5) is 5.69 Å². The lowest BCUT2D eigenvalue weighted by Gasteiger charge is -2.22. The number of nitrogens with one attached hydrogen (secondary N) is 3. The molecule has 1 aromatic carbocycles. The number of guanidine groups is 1. The minimum atomic E-state index is 0.159. The number of carbonyl (C=O) groups excluding carboxylic acids is 1. The summed E-state index contributed by atoms with van der Waals surface area (Å²) in [6, 6.07) is 8.94. The first-order valence-electron chi connectivity index (χ1n) is 10.3. The summed E-state index contributed by atoms with van der Waals surface area (Å²) in [7, 11) is 0. The van der Waals surface area contributed by atoms with E-state index in [0.717, 1.165) is 38.4 Å². The quantitative estimate of drug-likeness (QED) is 0.373. The van der Waals surface area contributed by atoms with Crippen LogP contribution < -0.4 is 20.9 Å². The monoisotopic (exact) mass is 371 g/mol. The fourth-order valence-electron chi connectivity index (χ4n) is 3.41. The minimum absolute atomic E-state index is 0.159. The Balaban J connectivity index is 1.53. The van der Waals surface area contributed by atoms with Crippen LogP contribution in [0.25, 0.3) is 0 Å². The van der Waals surface area contributed by atoms with Gasteiger partial charge in [0.1, 0.15) is 0 Å². The molecule has 1 saturated carbocycles. The number of nitrogens with zero attached hydrogens (tertiary/aromatic N) is 2. The zero-order valence-electron chi connectivity index (χ0n) is 16.6. The van der Waals surface area contributed by atoms with E-state index in [-0.39, 0.29) is 17.9 Å². The van der Waals surface area contributed by atoms with Gasteiger partial charge >= 0.3 is 0 Å². The summed E-state index contributed by atoms with van der Waals surface area (Å²) in [6.07, 6.45) is 4.64. The maximum atomic E-state index is 11.7. The van der Waals surface area contributed by atoms with E-state index < -0.39 is 0 Å². The summed E-state index contributed by atoms with van der Waals surface area (Å²) in [6.45, 7) is 8.50. The van der Waals surface area contributed by atoms with Crippen molar-refractivity contribution in [2.75, 3.05) is 37.6 Å². The third-order valence-corrected chi connectivity index (χ3v) is 5.17. The average Bonchev–Trinajstić information content (AvgIpc) is 3.39. The van der Waals surface area contributed by atoms with E-state index in [1.807, 2.05) is 0 Å². The molecule has 0 radical (unpaired) electrons. The van der Waals surface area contributed by atoms with Crippen molar-refractivity contribution < 1.29 is 4.79 Å². The molecule has 1 saturated heterocycles. The first-order valence-corrected chi connectivity index (χ1v) is 10.3. The molecule has 6 heteroatoms. The van der Waals surface area contributed by atoms with Gasteiger partial charge in [0.25, 0.3) is 0 Å². The van der Waals surface area contributed by atoms with E-state index in [1.165, 1.54) is 24.1 Å². The molecule has 6 nitrogen and oxygen atoms in total. The summed E-state index contributed by atoms with van der Waals surface area (Å²) in [5, 5.41) is 9.73. The largest absolute Gasteiger partial charge is 0.372 e. The SMILES string of the molecule is CCNC(=NCCNC(=O)C1CC1)NC(C)c1cccc(N2CCCC2)c1. The molecule has 1 aromatic rings. The molecule has 2 aliphatic rings. The van der Waals surface area contributed by atoms with Gasteiger partial charge in [-0.1, -0.05) is 12.1 Å². The number of aliphatic imine (C=N–C) groups is 1. The molecule has 0 bridgehead atoms. The fraction of sp³-hybridized carbons (Fsp3) is 0.619. The third-order valence-electron chi connectivity index (χ3n) is 5.17. The number of benzene rings is 1. The van der Waals surface area contributed by atoms with Gasteiger partial charge in [-0.15, -0.1) is 0 Å². The van der Waals surface area contributed by atoms with Gasteiger partial charge in [-0.3, -0.25) is 9.79 Å². The highest BCUT2D eigenvalue weighted by Gasteiger charge is 2.28. The normalized spacial score (nSPS) is 18.3. The predicted octanol–water partition coefficient (Wildman–Crippen LogP) is 2.43. The minimum Gasteiger partial charge on any atom is -0.372 e. The molecule has 148 valence electrons. The van der Waals surface area contributed by atoms with Gasteiger partial charge in [-0.25, -0.2) is 0 Å². The van der Waals surface area contributed by atoms with Crippen molar-refractivity contribution >= 4 is 17.6 Å². The zero-order valence-corrected chi connectivity index (χ0v) is 16.6. The molecule has 0 aromatic heterocycles. The number of hydrogen-bond acceptors (Lipinski definition) is 3. The highest BCUT2D eigenvalue weighted by Crippen LogP contribution is 2.28. The van der Waals surface area contributed by atoms with Crippen LogP contribution in [0.2, 0.25) is 0 Å². The second-order valence-electron chi connectivity index (χ2n) is 7.48. The lowest BCUT2D eigenvalue weighted by Crippen LogP contribution is -2.39. The zero-order chi connectivity index (χ0) is 19.1. The van der Waals surface area contributed by atoms with E-state index >= 15 is 0 Å². The predicted molar refractivity (Wildman–Crippen MR) is 111 cm³/mol. The summed E-state index contributed by atoms with van der Waals surface area (Å²) >= 11 is 0. The molecule has 1 atom stereocenters. The van der Waals surface area contributed by atoms with Gasteiger partial charge in [-0.05, 0) is 57.2 Å². The Kier molecular flexibility index (Phi) is 6.96. The Hall–Kier alpha value is -2.24. The molecule has 1 heterocycles. The van der Waals surface area contributed by atoms with Crippen LogP contribution in [0.3, 0.4) is 0 Å². The highest BCUT2D eigenvalue weighted by atomic mass is 16.2. The number of rotatable bonds is 8. The average molecular weight is 372 g/mol. The van der Waals surface area contributed by atoms with Gasteiger partial charge < -0.3 is 20.9 Å². The maximum Gasteiger partial charge on any atom is 0.223 e. The van der Waals surface area contributed by atoms with Crippen LogP contribution in [-0.2, 0) is 4.79 Å². The lowest BCUT2D eigenvalue weighted by atomic mass is 10.1. The Morgan fingerprint density at radius 3 is 2.74 bits per heavy atom. The van der Waals surface area contributed by atoms with Crippen molar-refractivity contribution in [1.29, 1.82) is 0 Å². The van der Waals surface area contributed by atoms with Crippen molar-refractivity contribution in [2.24, 2.45) is 10.9 Å². The van der Waals surface area contributed by atoms with E-state index in [1.54, 1.807) is 0 Å². The summed E-state index contributed by atoms with van der Waals surface area (Å²) < 4.78 is 0. The van der Waals surface area contributed by atoms with E-state index in [2.05, 4.69) is 64.0 Å². The molecule has 2 fully saturated rings. The molecule has 1 amide bonds. The van der Waals surface area contributed by atoms with Crippen LogP contribution >= 0.6 is 0 Å². The van der Waals surface area contributed by atoms with Gasteiger partial charge in [0.2, 0.25) is 5.91 Å². The van der Waals surface area contributed by atoms with Gasteiger partial charge in [0.15, 0.2) is 5.96 Å². The molecule has 0 spiro atoms. The molecule has 1 aliphatic carbocycles. The van der Waals surface area contributed by atoms with Crippen LogP contribution in [0, 0.1) is 5.92 Å². The Morgan fingerprint density at radius 2 is 2.04 bits per heavy atom. The van der Waals surface area contributed by atoms with Crippen LogP contribution in [0.5, 0.6) is 0 Å².